The van der Waals surface area contributed by atoms with Gasteiger partial charge in [-0.3, -0.25) is 0 Å². The maximum Gasteiger partial charge on any atom is 0.417 e. The number of aromatic nitrogens is 13. The van der Waals surface area contributed by atoms with E-state index in [1.54, 1.807) is 40.9 Å². The fourth-order valence-electron chi connectivity index (χ4n) is 16.9. The van der Waals surface area contributed by atoms with Crippen LogP contribution in [0.2, 0.25) is 0 Å². The van der Waals surface area contributed by atoms with E-state index in [9.17, 15) is 71.0 Å². The summed E-state index contributed by atoms with van der Waals surface area (Å²) in [5.41, 5.74) is -2.63. The highest BCUT2D eigenvalue weighted by atomic mass is 19.4. The average Bonchev–Trinajstić information content (AvgIpc) is 1.34. The molecule has 100 heavy (non-hydrogen) atoms. The highest BCUT2D eigenvalue weighted by molar-refractivity contribution is 5.65. The van der Waals surface area contributed by atoms with E-state index in [0.29, 0.717) is 100 Å². The van der Waals surface area contributed by atoms with Crippen LogP contribution >= 0.6 is 0 Å². The molecule has 0 spiro atoms. The van der Waals surface area contributed by atoms with E-state index in [4.69, 9.17) is 9.05 Å². The lowest BCUT2D eigenvalue weighted by Gasteiger charge is -2.53. The van der Waals surface area contributed by atoms with Gasteiger partial charge in [-0.1, -0.05) is 77.0 Å². The predicted molar refractivity (Wildman–Crippen MR) is 328 cm³/mol. The van der Waals surface area contributed by atoms with E-state index in [-0.39, 0.29) is 73.6 Å². The van der Waals surface area contributed by atoms with Gasteiger partial charge >= 0.3 is 30.9 Å². The maximum absolute atomic E-state index is 13.6. The molecule has 31 heteroatoms. The zero-order valence-electron chi connectivity index (χ0n) is 54.3. The van der Waals surface area contributed by atoms with Crippen molar-refractivity contribution in [2.24, 2.45) is 21.1 Å². The van der Waals surface area contributed by atoms with Gasteiger partial charge in [-0.05, 0) is 157 Å². The van der Waals surface area contributed by atoms with Gasteiger partial charge in [0.2, 0.25) is 11.8 Å². The van der Waals surface area contributed by atoms with Gasteiger partial charge in [0.1, 0.15) is 29.6 Å². The third-order valence-corrected chi connectivity index (χ3v) is 22.5. The van der Waals surface area contributed by atoms with E-state index in [1.807, 2.05) is 6.07 Å². The molecule has 9 aliphatic carbocycles. The number of phenolic OH excluding ortho intramolecular Hbond substituents is 1. The summed E-state index contributed by atoms with van der Waals surface area (Å²) >= 11 is 0. The molecule has 18 rings (SSSR count). The summed E-state index contributed by atoms with van der Waals surface area (Å²) in [5, 5.41) is 43.0. The fourth-order valence-corrected chi connectivity index (χ4v) is 16.9. The summed E-state index contributed by atoms with van der Waals surface area (Å²) in [6, 6.07) is 24.5. The Morgan fingerprint density at radius 3 is 1.10 bits per heavy atom. The second kappa shape index (κ2) is 25.1. The van der Waals surface area contributed by atoms with Gasteiger partial charge in [-0.25, -0.2) is 0 Å². The number of alkyl halides is 15. The summed E-state index contributed by atoms with van der Waals surface area (Å²) in [7, 11) is 5.11. The predicted octanol–water partition coefficient (Wildman–Crippen LogP) is 17.2. The molecule has 0 radical (unpaired) electrons. The molecule has 0 saturated heterocycles. The van der Waals surface area contributed by atoms with Crippen molar-refractivity contribution in [1.82, 2.24) is 64.6 Å². The van der Waals surface area contributed by atoms with E-state index < -0.39 is 77.5 Å². The van der Waals surface area contributed by atoms with Crippen molar-refractivity contribution in [2.45, 2.75) is 198 Å². The monoisotopic (exact) mass is 1410 g/mol. The summed E-state index contributed by atoms with van der Waals surface area (Å²) in [6.07, 6.45) is -11.0. The van der Waals surface area contributed by atoms with Crippen LogP contribution in [0.4, 0.5) is 65.9 Å². The van der Waals surface area contributed by atoms with Crippen molar-refractivity contribution in [2.75, 3.05) is 0 Å². The zero-order chi connectivity index (χ0) is 71.3. The average molecular weight is 1410 g/mol. The SMILES string of the molecule is Cn1c(-c2ccc(O)cc2C(F)(F)F)nnc1C12CCC(c3ccccc3)(CC1)CC2.Cn1c(-c2ccccc2C(F)(F)F)nnc1C12CCC(c3noc(CC(F)(F)F)n3)(CC1)CC2.Cn1c(-c2ccccc2C(F)(F)F)nnc1C12CCC(c3noc(CCC(F)(F)F)n3)(CC1)CC2. The molecule has 5 heterocycles. The van der Waals surface area contributed by atoms with Crippen molar-refractivity contribution in [3.05, 3.63) is 160 Å². The van der Waals surface area contributed by atoms with E-state index >= 15 is 0 Å². The second-order valence-corrected chi connectivity index (χ2v) is 28.0. The molecule has 16 nitrogen and oxygen atoms in total. The summed E-state index contributed by atoms with van der Waals surface area (Å²) in [4.78, 5) is 8.32. The minimum absolute atomic E-state index is 0.0169. The Morgan fingerprint density at radius 2 is 0.720 bits per heavy atom. The molecule has 9 fully saturated rings. The van der Waals surface area contributed by atoms with Crippen LogP contribution < -0.4 is 0 Å². The number of hydrogen-bond acceptors (Lipinski definition) is 13. The maximum atomic E-state index is 13.6. The third kappa shape index (κ3) is 13.0. The lowest BCUT2D eigenvalue weighted by Crippen LogP contribution is -2.48. The summed E-state index contributed by atoms with van der Waals surface area (Å²) in [5.74, 6) is 2.40. The first-order valence-corrected chi connectivity index (χ1v) is 32.9. The van der Waals surface area contributed by atoms with Crippen LogP contribution in [0.5, 0.6) is 5.75 Å². The quantitative estimate of drug-likeness (QED) is 0.114. The standard InChI is InChI=1S/C24H24F3N3O.C23H23F6N5O.C22H21F6N5O/c1-30-20(18-8-7-17(31)15-19(18)24(25,26)27)28-29-21(30)23-12-9-22(10-13-23,11-14-23)16-5-3-2-4-6-16;1-34-17(14-4-2-3-5-15(14)23(27,28)29)31-32-19(34)21-11-8-20(9-12-21,10-13-21)18-30-16(35-33-18)6-7-22(24,25)26;1-33-16(13-4-2-3-5-14(13)22(26,27)28)30-31-18(33)20-9-6-19(7-10-20,8-11-20)17-29-15(34-32-17)12-21(23,24)25/h2-8,15,31H,9-14H2,1H3;2-5H,6-13H2,1H3;2-5H,6-12H2,1H3. The van der Waals surface area contributed by atoms with Crippen LogP contribution in [0.1, 0.15) is 185 Å². The first kappa shape index (κ1) is 69.8. The van der Waals surface area contributed by atoms with Gasteiger partial charge in [0.25, 0.3) is 0 Å². The molecule has 9 aromatic rings. The number of phenols is 1. The number of hydrogen-bond donors (Lipinski definition) is 1. The van der Waals surface area contributed by atoms with Crippen molar-refractivity contribution in [3.8, 4) is 39.9 Å². The van der Waals surface area contributed by atoms with E-state index in [1.165, 1.54) is 48.0 Å². The van der Waals surface area contributed by atoms with Gasteiger partial charge in [-0.15, -0.1) is 30.6 Å². The van der Waals surface area contributed by atoms with Crippen LogP contribution in [0.15, 0.2) is 106 Å². The lowest BCUT2D eigenvalue weighted by molar-refractivity contribution is -0.138. The number of benzene rings is 4. The first-order valence-electron chi connectivity index (χ1n) is 32.9. The largest absolute Gasteiger partial charge is 0.508 e. The Morgan fingerprint density at radius 1 is 0.380 bits per heavy atom. The molecule has 0 aliphatic heterocycles. The van der Waals surface area contributed by atoms with Gasteiger partial charge < -0.3 is 27.9 Å². The first-order chi connectivity index (χ1) is 47.1. The minimum atomic E-state index is -4.59. The van der Waals surface area contributed by atoms with Crippen LogP contribution in [0.3, 0.4) is 0 Å². The van der Waals surface area contributed by atoms with Crippen LogP contribution in [0, 0.1) is 0 Å². The zero-order valence-corrected chi connectivity index (χ0v) is 54.3. The third-order valence-electron chi connectivity index (χ3n) is 22.5. The molecular weight excluding hydrogens is 1340 g/mol. The fraction of sp³-hybridized carbons (Fsp3) is 0.507. The Kier molecular flexibility index (Phi) is 17.5. The molecule has 5 aromatic heterocycles. The van der Waals surface area contributed by atoms with Crippen molar-refractivity contribution < 1.29 is 80.0 Å². The van der Waals surface area contributed by atoms with E-state index in [0.717, 1.165) is 62.5 Å². The smallest absolute Gasteiger partial charge is 0.417 e. The lowest BCUT2D eigenvalue weighted by atomic mass is 9.51. The Hall–Kier alpha value is -8.67. The Labute approximate surface area is 562 Å². The second-order valence-electron chi connectivity index (χ2n) is 28.0. The summed E-state index contributed by atoms with van der Waals surface area (Å²) < 4.78 is 213. The highest BCUT2D eigenvalue weighted by Crippen LogP contribution is 2.61. The number of rotatable bonds is 12. The van der Waals surface area contributed by atoms with Gasteiger partial charge in [0.05, 0.1) is 23.1 Å². The number of nitrogens with zero attached hydrogens (tertiary/aromatic N) is 13. The van der Waals surface area contributed by atoms with Crippen molar-refractivity contribution in [1.29, 1.82) is 0 Å². The van der Waals surface area contributed by atoms with Crippen molar-refractivity contribution in [3.63, 3.8) is 0 Å². The Balaban J connectivity index is 0.000000135. The normalized spacial score (nSPS) is 25.2. The number of fused-ring (bicyclic) bond motifs is 9. The molecule has 0 amide bonds. The minimum Gasteiger partial charge on any atom is -0.508 e. The molecule has 0 atom stereocenters. The van der Waals surface area contributed by atoms with Gasteiger partial charge in [0, 0.05) is 71.3 Å². The highest BCUT2D eigenvalue weighted by Gasteiger charge is 2.57. The van der Waals surface area contributed by atoms with E-state index in [2.05, 4.69) is 75.1 Å². The molecule has 0 unspecified atom stereocenters. The molecule has 9 saturated carbocycles. The Bertz CT molecular complexity index is 4370. The topological polar surface area (TPSA) is 190 Å². The molecule has 6 bridgehead atoms. The molecule has 532 valence electrons. The molecule has 4 aromatic carbocycles. The van der Waals surface area contributed by atoms with Crippen LogP contribution in [-0.2, 0) is 85.0 Å². The molecule has 1 N–H and O–H groups in total. The number of aryl methyl sites for hydroxylation is 1. The summed E-state index contributed by atoms with van der Waals surface area (Å²) in [6.45, 7) is 0. The van der Waals surface area contributed by atoms with Crippen molar-refractivity contribution >= 4 is 0 Å². The number of aromatic hydroxyl groups is 1. The number of halogens is 15. The van der Waals surface area contributed by atoms with Crippen LogP contribution in [-0.4, -0.2) is 82.0 Å². The van der Waals surface area contributed by atoms with Crippen LogP contribution in [0.25, 0.3) is 34.2 Å². The molecule has 9 aliphatic rings. The molecular formula is C69H68F15N13O3. The van der Waals surface area contributed by atoms with Gasteiger partial charge in [-0.2, -0.15) is 75.8 Å². The van der Waals surface area contributed by atoms with Gasteiger partial charge in [0.15, 0.2) is 29.1 Å².